The highest BCUT2D eigenvalue weighted by Crippen LogP contribution is 2.37. The van der Waals surface area contributed by atoms with Crippen molar-refractivity contribution in [3.8, 4) is 0 Å². The van der Waals surface area contributed by atoms with E-state index in [4.69, 9.17) is 0 Å². The summed E-state index contributed by atoms with van der Waals surface area (Å²) in [4.78, 5) is 11.2. The monoisotopic (exact) mass is 354 g/mol. The molecule has 130 valence electrons. The zero-order chi connectivity index (χ0) is 17.7. The molecule has 0 saturated carbocycles. The average Bonchev–Trinajstić information content (AvgIpc) is 2.41. The molecule has 0 aromatic heterocycles. The van der Waals surface area contributed by atoms with E-state index in [-0.39, 0.29) is 19.7 Å². The van der Waals surface area contributed by atoms with Crippen molar-refractivity contribution in [2.75, 3.05) is 30.3 Å². The largest absolute Gasteiger partial charge is 0.450 e. The number of rotatable bonds is 6. The topological polar surface area (TPSA) is 75.7 Å². The van der Waals surface area contributed by atoms with Crippen LogP contribution < -0.4 is 9.62 Å². The summed E-state index contributed by atoms with van der Waals surface area (Å²) in [5, 5.41) is 2.27. The first kappa shape index (κ1) is 19.1. The Morgan fingerprint density at radius 2 is 1.91 bits per heavy atom. The molecule has 0 fully saturated rings. The van der Waals surface area contributed by atoms with E-state index in [2.05, 4.69) is 10.1 Å². The van der Waals surface area contributed by atoms with E-state index in [1.54, 1.807) is 6.92 Å². The number of para-hydroxylation sites is 1. The van der Waals surface area contributed by atoms with Crippen molar-refractivity contribution in [3.05, 3.63) is 29.8 Å². The number of halogens is 3. The van der Waals surface area contributed by atoms with Crippen LogP contribution in [0.3, 0.4) is 0 Å². The molecule has 1 aromatic carbocycles. The van der Waals surface area contributed by atoms with Crippen LogP contribution in [0, 0.1) is 0 Å². The lowest BCUT2D eigenvalue weighted by Crippen LogP contribution is -2.39. The lowest BCUT2D eigenvalue weighted by Gasteiger charge is -2.25. The Balaban J connectivity index is 3.04. The number of alkyl halides is 3. The second kappa shape index (κ2) is 7.53. The number of carbonyl (C=O) groups is 1. The van der Waals surface area contributed by atoms with E-state index in [1.165, 1.54) is 12.1 Å². The molecule has 0 bridgehead atoms. The SMILES string of the molecule is CCOC(=O)NCCN(c1ccccc1C(F)(F)F)S(C)(=O)=O. The van der Waals surface area contributed by atoms with Crippen LogP contribution in [-0.2, 0) is 20.9 Å². The first-order valence-electron chi connectivity index (χ1n) is 6.62. The quantitative estimate of drug-likeness (QED) is 0.850. The van der Waals surface area contributed by atoms with Crippen molar-refractivity contribution in [3.63, 3.8) is 0 Å². The van der Waals surface area contributed by atoms with Gasteiger partial charge in [0.1, 0.15) is 0 Å². The van der Waals surface area contributed by atoms with Gasteiger partial charge < -0.3 is 10.1 Å². The molecule has 1 N–H and O–H groups in total. The number of hydrogen-bond acceptors (Lipinski definition) is 4. The highest BCUT2D eigenvalue weighted by molar-refractivity contribution is 7.92. The first-order chi connectivity index (χ1) is 10.6. The minimum Gasteiger partial charge on any atom is -0.450 e. The van der Waals surface area contributed by atoms with Crippen molar-refractivity contribution in [1.82, 2.24) is 5.32 Å². The molecule has 1 rings (SSSR count). The van der Waals surface area contributed by atoms with E-state index in [9.17, 15) is 26.4 Å². The number of ether oxygens (including phenoxy) is 1. The van der Waals surface area contributed by atoms with Gasteiger partial charge in [0, 0.05) is 6.54 Å². The minimum absolute atomic E-state index is 0.124. The van der Waals surface area contributed by atoms with Crippen molar-refractivity contribution < 1.29 is 31.1 Å². The van der Waals surface area contributed by atoms with Gasteiger partial charge in [0.2, 0.25) is 10.0 Å². The maximum absolute atomic E-state index is 13.0. The van der Waals surface area contributed by atoms with Crippen molar-refractivity contribution in [1.29, 1.82) is 0 Å². The van der Waals surface area contributed by atoms with Gasteiger partial charge in [0.05, 0.1) is 30.7 Å². The van der Waals surface area contributed by atoms with Crippen LogP contribution in [0.4, 0.5) is 23.7 Å². The molecule has 0 aliphatic heterocycles. The number of hydrogen-bond donors (Lipinski definition) is 1. The van der Waals surface area contributed by atoms with Gasteiger partial charge in [0.15, 0.2) is 0 Å². The summed E-state index contributed by atoms with van der Waals surface area (Å²) in [6.07, 6.45) is -4.68. The molecule has 0 atom stereocenters. The maximum atomic E-state index is 13.0. The second-order valence-electron chi connectivity index (χ2n) is 4.50. The lowest BCUT2D eigenvalue weighted by molar-refractivity contribution is -0.137. The summed E-state index contributed by atoms with van der Waals surface area (Å²) in [5.74, 6) is 0. The Hall–Kier alpha value is -1.97. The number of nitrogens with one attached hydrogen (secondary N) is 1. The van der Waals surface area contributed by atoms with Crippen LogP contribution in [0.25, 0.3) is 0 Å². The fourth-order valence-corrected chi connectivity index (χ4v) is 2.78. The molecule has 1 aromatic rings. The van der Waals surface area contributed by atoms with Gasteiger partial charge in [-0.2, -0.15) is 13.2 Å². The molecule has 0 spiro atoms. The van der Waals surface area contributed by atoms with E-state index in [1.807, 2.05) is 0 Å². The number of nitrogens with zero attached hydrogens (tertiary/aromatic N) is 1. The summed E-state index contributed by atoms with van der Waals surface area (Å²) in [6.45, 7) is 1.16. The van der Waals surface area contributed by atoms with E-state index in [0.29, 0.717) is 4.31 Å². The molecular weight excluding hydrogens is 337 g/mol. The third-order valence-electron chi connectivity index (χ3n) is 2.74. The number of alkyl carbamates (subject to hydrolysis) is 1. The molecule has 0 saturated heterocycles. The number of anilines is 1. The van der Waals surface area contributed by atoms with Gasteiger partial charge >= 0.3 is 12.3 Å². The fraction of sp³-hybridized carbons (Fsp3) is 0.462. The van der Waals surface area contributed by atoms with Crippen molar-refractivity contribution in [2.45, 2.75) is 13.1 Å². The summed E-state index contributed by atoms with van der Waals surface area (Å²) in [7, 11) is -3.97. The maximum Gasteiger partial charge on any atom is 0.418 e. The second-order valence-corrected chi connectivity index (χ2v) is 6.40. The summed E-state index contributed by atoms with van der Waals surface area (Å²) >= 11 is 0. The van der Waals surface area contributed by atoms with Crippen LogP contribution in [0.15, 0.2) is 24.3 Å². The lowest BCUT2D eigenvalue weighted by atomic mass is 10.1. The highest BCUT2D eigenvalue weighted by Gasteiger charge is 2.36. The zero-order valence-corrected chi connectivity index (χ0v) is 13.4. The molecule has 1 amide bonds. The van der Waals surface area contributed by atoms with Crippen LogP contribution >= 0.6 is 0 Å². The van der Waals surface area contributed by atoms with Crippen LogP contribution in [0.5, 0.6) is 0 Å². The standard InChI is InChI=1S/C13H17F3N2O4S/c1-3-22-12(19)17-8-9-18(23(2,20)21)11-7-5-4-6-10(11)13(14,15)16/h4-7H,3,8-9H2,1-2H3,(H,17,19). The summed E-state index contributed by atoms with van der Waals surface area (Å²) in [6, 6.07) is 4.34. The van der Waals surface area contributed by atoms with E-state index < -0.39 is 33.5 Å². The van der Waals surface area contributed by atoms with Gasteiger partial charge in [-0.1, -0.05) is 12.1 Å². The summed E-state index contributed by atoms with van der Waals surface area (Å²) in [5.41, 5.74) is -1.56. The smallest absolute Gasteiger partial charge is 0.418 e. The Labute approximate surface area is 132 Å². The number of carbonyl (C=O) groups excluding carboxylic acids is 1. The Morgan fingerprint density at radius 1 is 1.30 bits per heavy atom. The predicted molar refractivity (Wildman–Crippen MR) is 78.7 cm³/mol. The molecular formula is C13H17F3N2O4S. The number of benzene rings is 1. The molecule has 0 unspecified atom stereocenters. The van der Waals surface area contributed by atoms with E-state index in [0.717, 1.165) is 18.4 Å². The summed E-state index contributed by atoms with van der Waals surface area (Å²) < 4.78 is 68.0. The highest BCUT2D eigenvalue weighted by atomic mass is 32.2. The zero-order valence-electron chi connectivity index (χ0n) is 12.6. The predicted octanol–water partition coefficient (Wildman–Crippen LogP) is 2.22. The molecule has 0 radical (unpaired) electrons. The average molecular weight is 354 g/mol. The number of sulfonamides is 1. The van der Waals surface area contributed by atoms with Crippen molar-refractivity contribution >= 4 is 21.8 Å². The first-order valence-corrected chi connectivity index (χ1v) is 8.46. The molecule has 10 heteroatoms. The van der Waals surface area contributed by atoms with Gasteiger partial charge in [0.25, 0.3) is 0 Å². The van der Waals surface area contributed by atoms with Gasteiger partial charge in [-0.05, 0) is 19.1 Å². The normalized spacial score (nSPS) is 11.9. The fourth-order valence-electron chi connectivity index (χ4n) is 1.84. The molecule has 0 heterocycles. The molecule has 23 heavy (non-hydrogen) atoms. The van der Waals surface area contributed by atoms with Gasteiger partial charge in [-0.25, -0.2) is 13.2 Å². The molecule has 0 aliphatic carbocycles. The van der Waals surface area contributed by atoms with E-state index >= 15 is 0 Å². The van der Waals surface area contributed by atoms with Gasteiger partial charge in [-0.15, -0.1) is 0 Å². The van der Waals surface area contributed by atoms with Gasteiger partial charge in [-0.3, -0.25) is 4.31 Å². The molecule has 0 aliphatic rings. The Bertz CT molecular complexity index is 647. The number of amides is 1. The van der Waals surface area contributed by atoms with Crippen molar-refractivity contribution in [2.24, 2.45) is 0 Å². The van der Waals surface area contributed by atoms with Crippen LogP contribution in [-0.4, -0.2) is 40.5 Å². The molecule has 6 nitrogen and oxygen atoms in total. The minimum atomic E-state index is -4.70. The third kappa shape index (κ3) is 5.62. The third-order valence-corrected chi connectivity index (χ3v) is 3.92. The Kier molecular flexibility index (Phi) is 6.25. The Morgan fingerprint density at radius 3 is 2.43 bits per heavy atom. The van der Waals surface area contributed by atoms with Crippen LogP contribution in [0.1, 0.15) is 12.5 Å². The van der Waals surface area contributed by atoms with Crippen LogP contribution in [0.2, 0.25) is 0 Å².